The van der Waals surface area contributed by atoms with Gasteiger partial charge in [0, 0.05) is 13.6 Å². The van der Waals surface area contributed by atoms with E-state index in [1.807, 2.05) is 30.6 Å². The van der Waals surface area contributed by atoms with E-state index in [1.165, 1.54) is 5.56 Å². The summed E-state index contributed by atoms with van der Waals surface area (Å²) >= 11 is 1.60. The SMILES string of the molecule is CNc1nc(NCCc2ccc(O)cc2)c2ccsc2n1. The van der Waals surface area contributed by atoms with Crippen LogP contribution in [0.5, 0.6) is 5.75 Å². The van der Waals surface area contributed by atoms with E-state index in [4.69, 9.17) is 0 Å². The number of rotatable bonds is 5. The highest BCUT2D eigenvalue weighted by atomic mass is 32.1. The van der Waals surface area contributed by atoms with Crippen molar-refractivity contribution >= 4 is 33.3 Å². The Morgan fingerprint density at radius 2 is 1.95 bits per heavy atom. The molecule has 0 atom stereocenters. The van der Waals surface area contributed by atoms with Gasteiger partial charge in [0.2, 0.25) is 5.95 Å². The molecule has 1 aromatic carbocycles. The van der Waals surface area contributed by atoms with Crippen molar-refractivity contribution in [1.82, 2.24) is 9.97 Å². The Morgan fingerprint density at radius 1 is 1.14 bits per heavy atom. The maximum atomic E-state index is 9.27. The Balaban J connectivity index is 1.72. The highest BCUT2D eigenvalue weighted by Crippen LogP contribution is 2.26. The topological polar surface area (TPSA) is 70.1 Å². The maximum Gasteiger partial charge on any atom is 0.225 e. The van der Waals surface area contributed by atoms with Crippen molar-refractivity contribution in [3.8, 4) is 5.75 Å². The zero-order valence-corrected chi connectivity index (χ0v) is 12.4. The third-order valence-corrected chi connectivity index (χ3v) is 4.00. The molecule has 108 valence electrons. The summed E-state index contributed by atoms with van der Waals surface area (Å²) in [6.45, 7) is 0.774. The number of nitrogens with zero attached hydrogens (tertiary/aromatic N) is 2. The van der Waals surface area contributed by atoms with E-state index >= 15 is 0 Å². The summed E-state index contributed by atoms with van der Waals surface area (Å²) in [4.78, 5) is 9.86. The Kier molecular flexibility index (Phi) is 3.87. The van der Waals surface area contributed by atoms with Crippen LogP contribution in [0.1, 0.15) is 5.56 Å². The van der Waals surface area contributed by atoms with E-state index in [1.54, 1.807) is 23.5 Å². The average molecular weight is 300 g/mol. The summed E-state index contributed by atoms with van der Waals surface area (Å²) in [7, 11) is 1.81. The first-order valence-electron chi connectivity index (χ1n) is 6.71. The van der Waals surface area contributed by atoms with Gasteiger partial charge in [0.05, 0.1) is 5.39 Å². The van der Waals surface area contributed by atoms with Gasteiger partial charge in [-0.15, -0.1) is 11.3 Å². The van der Waals surface area contributed by atoms with Crippen molar-refractivity contribution in [3.05, 3.63) is 41.3 Å². The van der Waals surface area contributed by atoms with Crippen LogP contribution in [0.15, 0.2) is 35.7 Å². The first-order chi connectivity index (χ1) is 10.3. The van der Waals surface area contributed by atoms with Crippen molar-refractivity contribution in [3.63, 3.8) is 0 Å². The minimum atomic E-state index is 0.293. The standard InChI is InChI=1S/C15H16N4OS/c1-16-15-18-13(12-7-9-21-14(12)19-15)17-8-6-10-2-4-11(20)5-3-10/h2-5,7,9,20H,6,8H2,1H3,(H2,16,17,18,19). The molecular weight excluding hydrogens is 284 g/mol. The number of anilines is 2. The molecule has 21 heavy (non-hydrogen) atoms. The minimum absolute atomic E-state index is 0.293. The number of hydrogen-bond donors (Lipinski definition) is 3. The molecule has 0 amide bonds. The molecule has 2 aromatic heterocycles. The van der Waals surface area contributed by atoms with Crippen LogP contribution < -0.4 is 10.6 Å². The van der Waals surface area contributed by atoms with Gasteiger partial charge in [-0.1, -0.05) is 12.1 Å². The monoisotopic (exact) mass is 300 g/mol. The highest BCUT2D eigenvalue weighted by molar-refractivity contribution is 7.16. The van der Waals surface area contributed by atoms with Gasteiger partial charge in [-0.2, -0.15) is 4.98 Å². The van der Waals surface area contributed by atoms with Crippen LogP contribution in [0.4, 0.5) is 11.8 Å². The molecule has 0 unspecified atom stereocenters. The second-order valence-corrected chi connectivity index (χ2v) is 5.52. The lowest BCUT2D eigenvalue weighted by atomic mass is 10.1. The molecule has 3 N–H and O–H groups in total. The number of nitrogens with one attached hydrogen (secondary N) is 2. The number of aromatic hydroxyl groups is 1. The molecular formula is C15H16N4OS. The predicted molar refractivity (Wildman–Crippen MR) is 87.3 cm³/mol. The molecule has 2 heterocycles. The van der Waals surface area contributed by atoms with Crippen molar-refractivity contribution in [2.24, 2.45) is 0 Å². The second kappa shape index (κ2) is 5.97. The second-order valence-electron chi connectivity index (χ2n) is 4.63. The summed E-state index contributed by atoms with van der Waals surface area (Å²) in [5, 5.41) is 18.7. The normalized spacial score (nSPS) is 10.7. The Morgan fingerprint density at radius 3 is 2.71 bits per heavy atom. The molecule has 3 rings (SSSR count). The summed E-state index contributed by atoms with van der Waals surface area (Å²) in [6, 6.07) is 9.29. The highest BCUT2D eigenvalue weighted by Gasteiger charge is 2.07. The maximum absolute atomic E-state index is 9.27. The van der Waals surface area contributed by atoms with Crippen LogP contribution in [-0.2, 0) is 6.42 Å². The van der Waals surface area contributed by atoms with Crippen LogP contribution in [-0.4, -0.2) is 28.7 Å². The van der Waals surface area contributed by atoms with Crippen LogP contribution in [0, 0.1) is 0 Å². The average Bonchev–Trinajstić information content (AvgIpc) is 2.97. The van der Waals surface area contributed by atoms with Crippen LogP contribution >= 0.6 is 11.3 Å². The fraction of sp³-hybridized carbons (Fsp3) is 0.200. The van der Waals surface area contributed by atoms with Gasteiger partial charge < -0.3 is 15.7 Å². The lowest BCUT2D eigenvalue weighted by Crippen LogP contribution is -2.08. The van der Waals surface area contributed by atoms with Gasteiger partial charge in [-0.25, -0.2) is 4.98 Å². The molecule has 0 aliphatic rings. The predicted octanol–water partition coefficient (Wildman–Crippen LogP) is 3.09. The lowest BCUT2D eigenvalue weighted by Gasteiger charge is -2.08. The molecule has 6 heteroatoms. The molecule has 0 radical (unpaired) electrons. The lowest BCUT2D eigenvalue weighted by molar-refractivity contribution is 0.475. The number of thiophene rings is 1. The van der Waals surface area contributed by atoms with E-state index in [9.17, 15) is 5.11 Å². The first-order valence-corrected chi connectivity index (χ1v) is 7.59. The van der Waals surface area contributed by atoms with Crippen LogP contribution in [0.2, 0.25) is 0 Å². The van der Waals surface area contributed by atoms with Gasteiger partial charge in [-0.05, 0) is 35.6 Å². The molecule has 0 aliphatic carbocycles. The van der Waals surface area contributed by atoms with E-state index < -0.39 is 0 Å². The quantitative estimate of drug-likeness (QED) is 0.675. The summed E-state index contributed by atoms with van der Waals surface area (Å²) in [6.07, 6.45) is 0.866. The molecule has 3 aromatic rings. The molecule has 0 bridgehead atoms. The molecule has 5 nitrogen and oxygen atoms in total. The number of benzene rings is 1. The van der Waals surface area contributed by atoms with Gasteiger partial charge in [0.1, 0.15) is 16.4 Å². The Labute approximate surface area is 126 Å². The van der Waals surface area contributed by atoms with Crippen LogP contribution in [0.3, 0.4) is 0 Å². The first kappa shape index (κ1) is 13.6. The number of fused-ring (bicyclic) bond motifs is 1. The molecule has 0 spiro atoms. The minimum Gasteiger partial charge on any atom is -0.508 e. The number of phenols is 1. The zero-order chi connectivity index (χ0) is 14.7. The van der Waals surface area contributed by atoms with Crippen molar-refractivity contribution in [2.45, 2.75) is 6.42 Å². The molecule has 0 saturated heterocycles. The fourth-order valence-corrected chi connectivity index (χ4v) is 2.85. The van der Waals surface area contributed by atoms with Crippen molar-refractivity contribution in [1.29, 1.82) is 0 Å². The van der Waals surface area contributed by atoms with Crippen molar-refractivity contribution in [2.75, 3.05) is 24.2 Å². The Bertz CT molecular complexity index is 739. The van der Waals surface area contributed by atoms with Crippen LogP contribution in [0.25, 0.3) is 10.2 Å². The number of hydrogen-bond acceptors (Lipinski definition) is 6. The van der Waals surface area contributed by atoms with Gasteiger partial charge >= 0.3 is 0 Å². The summed E-state index contributed by atoms with van der Waals surface area (Å²) < 4.78 is 0. The van der Waals surface area contributed by atoms with E-state index in [0.717, 1.165) is 29.0 Å². The smallest absolute Gasteiger partial charge is 0.225 e. The summed E-state index contributed by atoms with van der Waals surface area (Å²) in [5.41, 5.74) is 1.17. The van der Waals surface area contributed by atoms with E-state index in [-0.39, 0.29) is 0 Å². The Hall–Kier alpha value is -2.34. The molecule has 0 saturated carbocycles. The largest absolute Gasteiger partial charge is 0.508 e. The molecule has 0 fully saturated rings. The van der Waals surface area contributed by atoms with E-state index in [0.29, 0.717) is 11.7 Å². The third-order valence-electron chi connectivity index (χ3n) is 3.19. The van der Waals surface area contributed by atoms with Gasteiger partial charge in [-0.3, -0.25) is 0 Å². The number of phenolic OH excluding ortho intramolecular Hbond substituents is 1. The zero-order valence-electron chi connectivity index (χ0n) is 11.6. The van der Waals surface area contributed by atoms with E-state index in [2.05, 4.69) is 20.6 Å². The van der Waals surface area contributed by atoms with Gasteiger partial charge in [0.15, 0.2) is 0 Å². The van der Waals surface area contributed by atoms with Crippen molar-refractivity contribution < 1.29 is 5.11 Å². The fourth-order valence-electron chi connectivity index (χ4n) is 2.09. The van der Waals surface area contributed by atoms with Gasteiger partial charge in [0.25, 0.3) is 0 Å². The summed E-state index contributed by atoms with van der Waals surface area (Å²) in [5.74, 6) is 1.77. The number of aromatic nitrogens is 2. The third kappa shape index (κ3) is 3.05. The molecule has 0 aliphatic heterocycles.